The van der Waals surface area contributed by atoms with Crippen LogP contribution in [-0.2, 0) is 32.4 Å². The highest BCUT2D eigenvalue weighted by Crippen LogP contribution is 2.24. The monoisotopic (exact) mass is 338 g/mol. The van der Waals surface area contributed by atoms with Gasteiger partial charge < -0.3 is 10.1 Å². The molecule has 1 aromatic rings. The van der Waals surface area contributed by atoms with E-state index < -0.39 is 15.6 Å². The van der Waals surface area contributed by atoms with Gasteiger partial charge in [-0.2, -0.15) is 4.31 Å². The fourth-order valence-corrected chi connectivity index (χ4v) is 4.14. The first-order chi connectivity index (χ1) is 10.8. The van der Waals surface area contributed by atoms with Gasteiger partial charge in [0.15, 0.2) is 5.60 Å². The third kappa shape index (κ3) is 3.41. The second-order valence-electron chi connectivity index (χ2n) is 6.52. The van der Waals surface area contributed by atoms with Crippen molar-refractivity contribution in [2.45, 2.75) is 31.4 Å². The van der Waals surface area contributed by atoms with Crippen LogP contribution in [0.25, 0.3) is 0 Å². The summed E-state index contributed by atoms with van der Waals surface area (Å²) < 4.78 is 30.4. The summed E-state index contributed by atoms with van der Waals surface area (Å²) in [5.74, 6) is -0.247. The van der Waals surface area contributed by atoms with Crippen LogP contribution < -0.4 is 5.32 Å². The van der Waals surface area contributed by atoms with Crippen molar-refractivity contribution in [3.8, 4) is 0 Å². The van der Waals surface area contributed by atoms with E-state index in [4.69, 9.17) is 4.74 Å². The van der Waals surface area contributed by atoms with Crippen LogP contribution in [0.15, 0.2) is 24.3 Å². The highest BCUT2D eigenvalue weighted by Gasteiger charge is 2.42. The maximum absolute atomic E-state index is 12.6. The van der Waals surface area contributed by atoms with Gasteiger partial charge >= 0.3 is 0 Å². The molecule has 1 aliphatic heterocycles. The molecule has 0 saturated carbocycles. The summed E-state index contributed by atoms with van der Waals surface area (Å²) in [5, 5.41) is 3.02. The molecule has 1 aliphatic carbocycles. The number of rotatable bonds is 3. The predicted octanol–water partition coefficient (Wildman–Crippen LogP) is 0.321. The Labute approximate surface area is 136 Å². The number of morpholine rings is 1. The van der Waals surface area contributed by atoms with Crippen LogP contribution in [0.5, 0.6) is 0 Å². The quantitative estimate of drug-likeness (QED) is 0.861. The van der Waals surface area contributed by atoms with Crippen LogP contribution >= 0.6 is 0 Å². The lowest BCUT2D eigenvalue weighted by molar-refractivity contribution is -0.152. The molecule has 1 heterocycles. The molecule has 0 radical (unpaired) electrons. The van der Waals surface area contributed by atoms with E-state index in [-0.39, 0.29) is 31.6 Å². The van der Waals surface area contributed by atoms with Crippen LogP contribution in [0.1, 0.15) is 18.1 Å². The standard InChI is InChI=1S/C16H22N2O4S/c1-16(11-18(7-8-22-16)23(2,20)21)15(19)17-14-9-12-5-3-4-6-13(12)10-14/h3-6,14H,7-11H2,1-2H3,(H,17,19)/t16-/m0/s1. The maximum atomic E-state index is 12.6. The molecule has 1 saturated heterocycles. The van der Waals surface area contributed by atoms with E-state index >= 15 is 0 Å². The van der Waals surface area contributed by atoms with Gasteiger partial charge in [-0.1, -0.05) is 24.3 Å². The lowest BCUT2D eigenvalue weighted by Gasteiger charge is -2.38. The van der Waals surface area contributed by atoms with Crippen LogP contribution in [-0.4, -0.2) is 56.2 Å². The van der Waals surface area contributed by atoms with Gasteiger partial charge in [0.2, 0.25) is 10.0 Å². The SMILES string of the molecule is C[C@@]1(C(=O)NC2Cc3ccccc3C2)CN(S(C)(=O)=O)CCO1. The third-order valence-electron chi connectivity index (χ3n) is 4.57. The lowest BCUT2D eigenvalue weighted by Crippen LogP contribution is -2.60. The smallest absolute Gasteiger partial charge is 0.253 e. The Morgan fingerprint density at radius 3 is 2.48 bits per heavy atom. The summed E-state index contributed by atoms with van der Waals surface area (Å²) in [6.07, 6.45) is 2.76. The molecule has 2 aliphatic rings. The van der Waals surface area contributed by atoms with Crippen LogP contribution in [0.4, 0.5) is 0 Å². The first kappa shape index (κ1) is 16.4. The maximum Gasteiger partial charge on any atom is 0.253 e. The summed E-state index contributed by atoms with van der Waals surface area (Å²) in [6.45, 7) is 2.22. The van der Waals surface area contributed by atoms with E-state index in [1.807, 2.05) is 12.1 Å². The Morgan fingerprint density at radius 1 is 1.30 bits per heavy atom. The molecule has 1 fully saturated rings. The molecular weight excluding hydrogens is 316 g/mol. The summed E-state index contributed by atoms with van der Waals surface area (Å²) in [6, 6.07) is 8.18. The second-order valence-corrected chi connectivity index (χ2v) is 8.51. The van der Waals surface area contributed by atoms with Crippen LogP contribution in [0.2, 0.25) is 0 Å². The number of amides is 1. The molecule has 3 rings (SSSR count). The van der Waals surface area contributed by atoms with Crippen LogP contribution in [0.3, 0.4) is 0 Å². The van der Waals surface area contributed by atoms with E-state index in [0.29, 0.717) is 0 Å². The van der Waals surface area contributed by atoms with Gasteiger partial charge in [-0.3, -0.25) is 4.79 Å². The van der Waals surface area contributed by atoms with Crippen molar-refractivity contribution in [3.05, 3.63) is 35.4 Å². The zero-order valence-corrected chi connectivity index (χ0v) is 14.2. The molecule has 7 heteroatoms. The Morgan fingerprint density at radius 2 is 1.91 bits per heavy atom. The Balaban J connectivity index is 1.66. The number of carbonyl (C=O) groups excluding carboxylic acids is 1. The van der Waals surface area contributed by atoms with Gasteiger partial charge in [0.25, 0.3) is 5.91 Å². The summed E-state index contributed by atoms with van der Waals surface area (Å²) >= 11 is 0. The number of benzene rings is 1. The topological polar surface area (TPSA) is 75.7 Å². The molecule has 1 aromatic carbocycles. The molecule has 1 amide bonds. The van der Waals surface area contributed by atoms with E-state index in [0.717, 1.165) is 19.1 Å². The molecule has 1 N–H and O–H groups in total. The van der Waals surface area contributed by atoms with Crippen molar-refractivity contribution >= 4 is 15.9 Å². The minimum Gasteiger partial charge on any atom is -0.363 e. The number of nitrogens with zero attached hydrogens (tertiary/aromatic N) is 1. The first-order valence-corrected chi connectivity index (χ1v) is 9.60. The molecule has 0 spiro atoms. The zero-order valence-electron chi connectivity index (χ0n) is 13.4. The number of nitrogens with one attached hydrogen (secondary N) is 1. The van der Waals surface area contributed by atoms with Crippen molar-refractivity contribution in [2.24, 2.45) is 0 Å². The van der Waals surface area contributed by atoms with Crippen LogP contribution in [0, 0.1) is 0 Å². The minimum absolute atomic E-state index is 0.0361. The van der Waals surface area contributed by atoms with Gasteiger partial charge in [0.1, 0.15) is 0 Å². The van der Waals surface area contributed by atoms with Gasteiger partial charge in [-0.05, 0) is 30.9 Å². The van der Waals surface area contributed by atoms with Gasteiger partial charge in [-0.25, -0.2) is 8.42 Å². The lowest BCUT2D eigenvalue weighted by atomic mass is 10.0. The molecule has 23 heavy (non-hydrogen) atoms. The number of carbonyl (C=O) groups is 1. The van der Waals surface area contributed by atoms with Gasteiger partial charge in [-0.15, -0.1) is 0 Å². The first-order valence-electron chi connectivity index (χ1n) is 7.75. The number of sulfonamides is 1. The third-order valence-corrected chi connectivity index (χ3v) is 5.82. The number of ether oxygens (including phenoxy) is 1. The van der Waals surface area contributed by atoms with Crippen molar-refractivity contribution in [1.29, 1.82) is 0 Å². The van der Waals surface area contributed by atoms with E-state index in [2.05, 4.69) is 17.4 Å². The zero-order chi connectivity index (χ0) is 16.7. The average molecular weight is 338 g/mol. The van der Waals surface area contributed by atoms with Gasteiger partial charge in [0, 0.05) is 12.6 Å². The Bertz CT molecular complexity index is 694. The molecule has 126 valence electrons. The molecule has 6 nitrogen and oxygen atoms in total. The summed E-state index contributed by atoms with van der Waals surface area (Å²) in [4.78, 5) is 12.6. The van der Waals surface area contributed by atoms with Crippen molar-refractivity contribution < 1.29 is 17.9 Å². The molecule has 0 aromatic heterocycles. The minimum atomic E-state index is -3.33. The predicted molar refractivity (Wildman–Crippen MR) is 86.6 cm³/mol. The Hall–Kier alpha value is -1.44. The van der Waals surface area contributed by atoms with E-state index in [1.54, 1.807) is 6.92 Å². The molecular formula is C16H22N2O4S. The van der Waals surface area contributed by atoms with Crippen molar-refractivity contribution in [2.75, 3.05) is 26.0 Å². The fraction of sp³-hybridized carbons (Fsp3) is 0.562. The molecule has 1 atom stereocenters. The highest BCUT2D eigenvalue weighted by molar-refractivity contribution is 7.88. The number of fused-ring (bicyclic) bond motifs is 1. The van der Waals surface area contributed by atoms with Crippen molar-refractivity contribution in [3.63, 3.8) is 0 Å². The largest absolute Gasteiger partial charge is 0.363 e. The average Bonchev–Trinajstić information content (AvgIpc) is 2.88. The van der Waals surface area contributed by atoms with E-state index in [1.165, 1.54) is 15.4 Å². The summed E-state index contributed by atoms with van der Waals surface area (Å²) in [5.41, 5.74) is 1.37. The summed E-state index contributed by atoms with van der Waals surface area (Å²) in [7, 11) is -3.33. The molecule has 0 unspecified atom stereocenters. The normalized spacial score (nSPS) is 26.0. The van der Waals surface area contributed by atoms with Gasteiger partial charge in [0.05, 0.1) is 19.4 Å². The number of hydrogen-bond donors (Lipinski definition) is 1. The fourth-order valence-electron chi connectivity index (χ4n) is 3.25. The molecule has 0 bridgehead atoms. The Kier molecular flexibility index (Phi) is 4.20. The number of hydrogen-bond acceptors (Lipinski definition) is 4. The van der Waals surface area contributed by atoms with E-state index in [9.17, 15) is 13.2 Å². The highest BCUT2D eigenvalue weighted by atomic mass is 32.2. The second kappa shape index (κ2) is 5.89. The van der Waals surface area contributed by atoms with Crippen molar-refractivity contribution in [1.82, 2.24) is 9.62 Å².